The Labute approximate surface area is 188 Å². The van der Waals surface area contributed by atoms with Crippen molar-refractivity contribution in [3.63, 3.8) is 0 Å². The predicted molar refractivity (Wildman–Crippen MR) is 124 cm³/mol. The Hall–Kier alpha value is -3.13. The van der Waals surface area contributed by atoms with Crippen molar-refractivity contribution in [1.29, 1.82) is 0 Å². The average molecular weight is 444 g/mol. The fourth-order valence-corrected chi connectivity index (χ4v) is 2.65. The first kappa shape index (κ1) is 24.1. The lowest BCUT2D eigenvalue weighted by Gasteiger charge is -2.12. The molecular weight excluding hydrogens is 414 g/mol. The zero-order chi connectivity index (χ0) is 22.6. The zero-order valence-corrected chi connectivity index (χ0v) is 18.9. The summed E-state index contributed by atoms with van der Waals surface area (Å²) in [6.07, 6.45) is 2.03. The van der Waals surface area contributed by atoms with E-state index in [1.54, 1.807) is 24.3 Å². The highest BCUT2D eigenvalue weighted by Crippen LogP contribution is 2.18. The van der Waals surface area contributed by atoms with E-state index in [9.17, 15) is 9.59 Å². The molecule has 0 heterocycles. The highest BCUT2D eigenvalue weighted by molar-refractivity contribution is 7.80. The van der Waals surface area contributed by atoms with E-state index >= 15 is 0 Å². The van der Waals surface area contributed by atoms with Crippen LogP contribution in [-0.2, 0) is 4.79 Å². The van der Waals surface area contributed by atoms with Crippen molar-refractivity contribution in [3.05, 3.63) is 59.7 Å². The molecule has 0 radical (unpaired) electrons. The minimum absolute atomic E-state index is 0.0251. The van der Waals surface area contributed by atoms with Crippen molar-refractivity contribution in [2.75, 3.05) is 13.2 Å². The van der Waals surface area contributed by atoms with Crippen LogP contribution in [-0.4, -0.2) is 30.1 Å². The minimum atomic E-state index is -0.432. The van der Waals surface area contributed by atoms with Crippen molar-refractivity contribution in [2.24, 2.45) is 0 Å². The number of hydrogen-bond donors (Lipinski definition) is 3. The van der Waals surface area contributed by atoms with E-state index in [-0.39, 0.29) is 11.7 Å². The van der Waals surface area contributed by atoms with Crippen LogP contribution in [0.4, 0.5) is 0 Å². The second kappa shape index (κ2) is 12.5. The molecule has 166 valence electrons. The first-order valence-corrected chi connectivity index (χ1v) is 10.7. The van der Waals surface area contributed by atoms with E-state index in [0.29, 0.717) is 29.6 Å². The van der Waals surface area contributed by atoms with E-state index < -0.39 is 11.8 Å². The van der Waals surface area contributed by atoms with Crippen molar-refractivity contribution < 1.29 is 19.1 Å². The van der Waals surface area contributed by atoms with Gasteiger partial charge in [0.2, 0.25) is 0 Å². The Balaban J connectivity index is 1.70. The van der Waals surface area contributed by atoms with Gasteiger partial charge in [-0.3, -0.25) is 25.8 Å². The van der Waals surface area contributed by atoms with Gasteiger partial charge >= 0.3 is 0 Å². The average Bonchev–Trinajstić information content (AvgIpc) is 2.77. The molecule has 0 fully saturated rings. The number of nitrogens with one attached hydrogen (secondary N) is 3. The van der Waals surface area contributed by atoms with Gasteiger partial charge in [-0.05, 0) is 66.5 Å². The monoisotopic (exact) mass is 443 g/mol. The molecule has 2 amide bonds. The number of carbonyl (C=O) groups is 2. The standard InChI is InChI=1S/C23H29N3O4S/c1-4-5-14-29-19-12-8-18(9-13-19)22(28)24-23(31)26-25-21(27)15-30-20-10-6-17(7-11-20)16(2)3/h6-13,16H,4-5,14-15H2,1-3H3,(H,25,27)(H2,24,26,28,31). The third kappa shape index (κ3) is 8.64. The molecule has 0 unspecified atom stereocenters. The summed E-state index contributed by atoms with van der Waals surface area (Å²) in [6.45, 7) is 6.75. The lowest BCUT2D eigenvalue weighted by atomic mass is 10.0. The van der Waals surface area contributed by atoms with Crippen LogP contribution in [0.1, 0.15) is 55.5 Å². The molecule has 31 heavy (non-hydrogen) atoms. The van der Waals surface area contributed by atoms with Gasteiger partial charge in [0.25, 0.3) is 11.8 Å². The lowest BCUT2D eigenvalue weighted by Crippen LogP contribution is -2.49. The van der Waals surface area contributed by atoms with Crippen molar-refractivity contribution in [1.82, 2.24) is 16.2 Å². The summed E-state index contributed by atoms with van der Waals surface area (Å²) in [5.41, 5.74) is 6.49. The van der Waals surface area contributed by atoms with Crippen LogP contribution < -0.4 is 25.6 Å². The fraction of sp³-hybridized carbons (Fsp3) is 0.348. The van der Waals surface area contributed by atoms with Gasteiger partial charge in [0.1, 0.15) is 11.5 Å². The molecule has 2 aromatic carbocycles. The molecule has 0 aliphatic carbocycles. The molecule has 0 aromatic heterocycles. The van der Waals surface area contributed by atoms with Gasteiger partial charge in [0.15, 0.2) is 11.7 Å². The number of amides is 2. The third-order valence-electron chi connectivity index (χ3n) is 4.34. The maximum absolute atomic E-state index is 12.2. The minimum Gasteiger partial charge on any atom is -0.494 e. The van der Waals surface area contributed by atoms with Crippen LogP contribution in [0.2, 0.25) is 0 Å². The van der Waals surface area contributed by atoms with Crippen LogP contribution in [0.3, 0.4) is 0 Å². The van der Waals surface area contributed by atoms with Gasteiger partial charge < -0.3 is 9.47 Å². The van der Waals surface area contributed by atoms with Gasteiger partial charge in [-0.2, -0.15) is 0 Å². The van der Waals surface area contributed by atoms with Crippen LogP contribution in [0.25, 0.3) is 0 Å². The number of carbonyl (C=O) groups excluding carboxylic acids is 2. The second-order valence-corrected chi connectivity index (χ2v) is 7.60. The summed E-state index contributed by atoms with van der Waals surface area (Å²) in [5.74, 6) is 0.899. The third-order valence-corrected chi connectivity index (χ3v) is 4.55. The van der Waals surface area contributed by atoms with Gasteiger partial charge in [-0.1, -0.05) is 39.3 Å². The molecule has 0 saturated heterocycles. The van der Waals surface area contributed by atoms with Gasteiger partial charge in [0, 0.05) is 5.56 Å². The number of hydrogen-bond acceptors (Lipinski definition) is 5. The molecule has 8 heteroatoms. The zero-order valence-electron chi connectivity index (χ0n) is 18.1. The summed E-state index contributed by atoms with van der Waals surface area (Å²) in [4.78, 5) is 24.2. The van der Waals surface area contributed by atoms with Gasteiger partial charge in [-0.25, -0.2) is 0 Å². The maximum atomic E-state index is 12.2. The fourth-order valence-electron chi connectivity index (χ4n) is 2.50. The molecule has 0 aliphatic heterocycles. The van der Waals surface area contributed by atoms with Crippen LogP contribution >= 0.6 is 12.2 Å². The second-order valence-electron chi connectivity index (χ2n) is 7.20. The lowest BCUT2D eigenvalue weighted by molar-refractivity contribution is -0.123. The van der Waals surface area contributed by atoms with E-state index in [4.69, 9.17) is 21.7 Å². The van der Waals surface area contributed by atoms with Crippen molar-refractivity contribution in [2.45, 2.75) is 39.5 Å². The molecule has 2 rings (SSSR count). The molecule has 0 atom stereocenters. The SMILES string of the molecule is CCCCOc1ccc(C(=O)NC(=S)NNC(=O)COc2ccc(C(C)C)cc2)cc1. The Kier molecular flexibility index (Phi) is 9.77. The highest BCUT2D eigenvalue weighted by atomic mass is 32.1. The number of hydrazine groups is 1. The van der Waals surface area contributed by atoms with E-state index in [2.05, 4.69) is 36.9 Å². The number of thiocarbonyl (C=S) groups is 1. The van der Waals surface area contributed by atoms with Gasteiger partial charge in [-0.15, -0.1) is 0 Å². The van der Waals surface area contributed by atoms with Gasteiger partial charge in [0.05, 0.1) is 6.61 Å². The predicted octanol–water partition coefficient (Wildman–Crippen LogP) is 3.70. The quantitative estimate of drug-likeness (QED) is 0.311. The van der Waals surface area contributed by atoms with Crippen molar-refractivity contribution in [3.8, 4) is 11.5 Å². The number of unbranched alkanes of at least 4 members (excludes halogenated alkanes) is 1. The first-order valence-electron chi connectivity index (χ1n) is 10.2. The summed E-state index contributed by atoms with van der Waals surface area (Å²) >= 11 is 5.04. The molecule has 0 saturated carbocycles. The van der Waals surface area contributed by atoms with E-state index in [1.807, 2.05) is 24.3 Å². The molecule has 7 nitrogen and oxygen atoms in total. The number of ether oxygens (including phenoxy) is 2. The molecule has 2 aromatic rings. The normalized spacial score (nSPS) is 10.3. The largest absolute Gasteiger partial charge is 0.494 e. The summed E-state index contributed by atoms with van der Waals surface area (Å²) in [6, 6.07) is 14.3. The number of rotatable bonds is 9. The van der Waals surface area contributed by atoms with Crippen LogP contribution in [0.5, 0.6) is 11.5 Å². The highest BCUT2D eigenvalue weighted by Gasteiger charge is 2.09. The van der Waals surface area contributed by atoms with E-state index in [1.165, 1.54) is 5.56 Å². The Morgan fingerprint density at radius 3 is 2.16 bits per heavy atom. The maximum Gasteiger partial charge on any atom is 0.276 e. The molecule has 0 spiro atoms. The van der Waals surface area contributed by atoms with Crippen LogP contribution in [0.15, 0.2) is 48.5 Å². The molecule has 3 N–H and O–H groups in total. The Morgan fingerprint density at radius 2 is 1.55 bits per heavy atom. The smallest absolute Gasteiger partial charge is 0.276 e. The van der Waals surface area contributed by atoms with Crippen molar-refractivity contribution >= 4 is 29.1 Å². The molecule has 0 bridgehead atoms. The number of benzene rings is 2. The molecular formula is C23H29N3O4S. The topological polar surface area (TPSA) is 88.7 Å². The molecule has 0 aliphatic rings. The summed E-state index contributed by atoms with van der Waals surface area (Å²) in [7, 11) is 0. The Morgan fingerprint density at radius 1 is 0.935 bits per heavy atom. The first-order chi connectivity index (χ1) is 14.9. The summed E-state index contributed by atoms with van der Waals surface area (Å²) < 4.78 is 11.0. The Bertz CT molecular complexity index is 867. The van der Waals surface area contributed by atoms with Crippen LogP contribution in [0, 0.1) is 0 Å². The van der Waals surface area contributed by atoms with E-state index in [0.717, 1.165) is 12.8 Å². The summed E-state index contributed by atoms with van der Waals surface area (Å²) in [5, 5.41) is 2.47.